The van der Waals surface area contributed by atoms with Gasteiger partial charge in [-0.1, -0.05) is 6.92 Å². The van der Waals surface area contributed by atoms with Crippen molar-refractivity contribution in [2.24, 2.45) is 5.92 Å². The van der Waals surface area contributed by atoms with Gasteiger partial charge >= 0.3 is 0 Å². The van der Waals surface area contributed by atoms with Crippen molar-refractivity contribution < 1.29 is 42.2 Å². The molecule has 0 N–H and O–H groups in total. The Bertz CT molecular complexity index is 329. The van der Waals surface area contributed by atoms with E-state index in [0.717, 1.165) is 6.42 Å². The summed E-state index contributed by atoms with van der Waals surface area (Å²) in [6, 6.07) is 2.65. The number of ether oxygens (including phenoxy) is 2. The molecule has 2 rings (SSSR count). The van der Waals surface area contributed by atoms with Crippen molar-refractivity contribution in [3.8, 4) is 6.07 Å². The van der Waals surface area contributed by atoms with Crippen LogP contribution in [0.2, 0.25) is 0 Å². The molecule has 0 spiro atoms. The van der Waals surface area contributed by atoms with Crippen molar-refractivity contribution in [2.75, 3.05) is 13.7 Å². The Kier molecular flexibility index (Phi) is 5.77. The van der Waals surface area contributed by atoms with Crippen molar-refractivity contribution in [1.82, 2.24) is 4.90 Å². The van der Waals surface area contributed by atoms with Crippen LogP contribution in [0, 0.1) is 23.7 Å². The van der Waals surface area contributed by atoms with Crippen LogP contribution in [0.4, 0.5) is 0 Å². The Morgan fingerprint density at radius 1 is 1.50 bits per heavy atom. The molecule has 0 saturated carbocycles. The molecule has 99 valence electrons. The third-order valence-electron chi connectivity index (χ3n) is 3.87. The van der Waals surface area contributed by atoms with Gasteiger partial charge in [-0.2, -0.15) is 5.26 Å². The van der Waals surface area contributed by atoms with Crippen LogP contribution in [0.15, 0.2) is 0 Å². The minimum Gasteiger partial charge on any atom is -0.348 e. The van der Waals surface area contributed by atoms with E-state index in [1.165, 1.54) is 0 Å². The summed E-state index contributed by atoms with van der Waals surface area (Å²) in [5.41, 5.74) is 0. The average molecular weight is 326 g/mol. The molecule has 0 aliphatic carbocycles. The van der Waals surface area contributed by atoms with Crippen molar-refractivity contribution in [2.45, 2.75) is 51.2 Å². The predicted molar refractivity (Wildman–Crippen MR) is 63.9 cm³/mol. The van der Waals surface area contributed by atoms with Crippen LogP contribution in [-0.4, -0.2) is 42.5 Å². The van der Waals surface area contributed by atoms with Gasteiger partial charge in [-0.15, -0.1) is 12.5 Å². The van der Waals surface area contributed by atoms with Gasteiger partial charge in [0.25, 0.3) is 0 Å². The number of nitrogens with zero attached hydrogens (tertiary/aromatic N) is 2. The molecule has 0 aromatic rings. The van der Waals surface area contributed by atoms with E-state index >= 15 is 0 Å². The van der Waals surface area contributed by atoms with Gasteiger partial charge in [-0.3, -0.25) is 0 Å². The first-order chi connectivity index (χ1) is 7.94. The minimum atomic E-state index is -0.468. The smallest absolute Gasteiger partial charge is 0.163 e. The average Bonchev–Trinajstić information content (AvgIpc) is 2.80. The van der Waals surface area contributed by atoms with Crippen LogP contribution in [0.25, 0.3) is 0 Å². The molecule has 4 atom stereocenters. The fourth-order valence-electron chi connectivity index (χ4n) is 2.73. The Labute approximate surface area is 135 Å². The molecule has 1 radical (unpaired) electrons. The number of rotatable bonds is 2. The van der Waals surface area contributed by atoms with Crippen LogP contribution in [0.5, 0.6) is 0 Å². The Hall–Kier alpha value is 0.474. The predicted octanol–water partition coefficient (Wildman–Crippen LogP) is 1.57. The molecular weight excluding hydrogens is 305 g/mol. The van der Waals surface area contributed by atoms with Crippen LogP contribution in [0.3, 0.4) is 0 Å². The second kappa shape index (κ2) is 6.28. The molecule has 4 nitrogen and oxygen atoms in total. The standard InChI is InChI=1S/C13H21N2O2.Y/c1-9(12-8-16-13(2,3)17-12)11-6-5-10(7-14)15(11)4;/h6,9-12H,5,8H2,1-4H3;/q-1;/t9-,10+,11+,12+;/m0./s1. The van der Waals surface area contributed by atoms with Gasteiger partial charge in [0.15, 0.2) is 5.79 Å². The summed E-state index contributed by atoms with van der Waals surface area (Å²) in [7, 11) is 2.01. The summed E-state index contributed by atoms with van der Waals surface area (Å²) in [6.07, 6.45) is 3.19. The summed E-state index contributed by atoms with van der Waals surface area (Å²) < 4.78 is 11.5. The van der Waals surface area contributed by atoms with Crippen molar-refractivity contribution in [3.63, 3.8) is 0 Å². The van der Waals surface area contributed by atoms with Gasteiger partial charge in [0.2, 0.25) is 0 Å². The minimum absolute atomic E-state index is 0. The maximum Gasteiger partial charge on any atom is 0.163 e. The molecule has 5 heteroatoms. The molecule has 2 aliphatic heterocycles. The molecule has 0 bridgehead atoms. The fraction of sp³-hybridized carbons (Fsp3) is 0.846. The number of hydrogen-bond acceptors (Lipinski definition) is 4. The van der Waals surface area contributed by atoms with Gasteiger partial charge in [-0.25, -0.2) is 0 Å². The molecule has 2 fully saturated rings. The Morgan fingerprint density at radius 2 is 2.17 bits per heavy atom. The van der Waals surface area contributed by atoms with Gasteiger partial charge in [-0.05, 0) is 26.8 Å². The first-order valence-corrected chi connectivity index (χ1v) is 6.21. The molecule has 2 aliphatic rings. The van der Waals surface area contributed by atoms with Gasteiger partial charge < -0.3 is 20.8 Å². The van der Waals surface area contributed by atoms with Gasteiger partial charge in [0, 0.05) is 32.7 Å². The molecule has 0 aromatic carbocycles. The maximum absolute atomic E-state index is 9.02. The SMILES string of the molecule is C[C@@H]([C@H]1[CH-]C[C@H](C#N)N1C)[C@H]1COC(C)(C)O1.[Y]. The maximum atomic E-state index is 9.02. The van der Waals surface area contributed by atoms with Crippen LogP contribution in [-0.2, 0) is 42.2 Å². The Balaban J connectivity index is 0.00000162. The first kappa shape index (κ1) is 16.5. The number of likely N-dealkylation sites (tertiary alicyclic amines) is 1. The molecule has 18 heavy (non-hydrogen) atoms. The summed E-state index contributed by atoms with van der Waals surface area (Å²) in [5, 5.41) is 9.02. The summed E-state index contributed by atoms with van der Waals surface area (Å²) in [6.45, 7) is 6.70. The zero-order chi connectivity index (χ0) is 12.6. The van der Waals surface area contributed by atoms with E-state index in [-0.39, 0.29) is 44.9 Å². The van der Waals surface area contributed by atoms with Gasteiger partial charge in [0.1, 0.15) is 0 Å². The molecule has 0 unspecified atom stereocenters. The summed E-state index contributed by atoms with van der Waals surface area (Å²) >= 11 is 0. The van der Waals surface area contributed by atoms with E-state index in [4.69, 9.17) is 14.7 Å². The van der Waals surface area contributed by atoms with Crippen molar-refractivity contribution in [3.05, 3.63) is 6.42 Å². The molecule has 0 aromatic heterocycles. The van der Waals surface area contributed by atoms with E-state index in [1.54, 1.807) is 0 Å². The van der Waals surface area contributed by atoms with Crippen LogP contribution >= 0.6 is 0 Å². The first-order valence-electron chi connectivity index (χ1n) is 6.21. The molecular formula is C13H21N2O2Y-. The van der Waals surface area contributed by atoms with Crippen molar-refractivity contribution in [1.29, 1.82) is 5.26 Å². The Morgan fingerprint density at radius 3 is 2.61 bits per heavy atom. The number of nitriles is 1. The van der Waals surface area contributed by atoms with Crippen LogP contribution in [0.1, 0.15) is 27.2 Å². The molecule has 2 heterocycles. The topological polar surface area (TPSA) is 45.5 Å². The van der Waals surface area contributed by atoms with Crippen molar-refractivity contribution >= 4 is 0 Å². The zero-order valence-corrected chi connectivity index (χ0v) is 14.4. The normalized spacial score (nSPS) is 36.9. The van der Waals surface area contributed by atoms with E-state index in [9.17, 15) is 0 Å². The second-order valence-electron chi connectivity index (χ2n) is 5.50. The quantitative estimate of drug-likeness (QED) is 0.723. The van der Waals surface area contributed by atoms with E-state index in [0.29, 0.717) is 18.6 Å². The van der Waals surface area contributed by atoms with Gasteiger partial charge in [0.05, 0.1) is 24.8 Å². The van der Waals surface area contributed by atoms with E-state index in [1.807, 2.05) is 20.9 Å². The summed E-state index contributed by atoms with van der Waals surface area (Å²) in [5.74, 6) is -0.120. The molecule has 0 amide bonds. The zero-order valence-electron chi connectivity index (χ0n) is 11.6. The van der Waals surface area contributed by atoms with E-state index < -0.39 is 5.79 Å². The third-order valence-corrected chi connectivity index (χ3v) is 3.87. The fourth-order valence-corrected chi connectivity index (χ4v) is 2.73. The second-order valence-corrected chi connectivity index (χ2v) is 5.50. The number of hydrogen-bond donors (Lipinski definition) is 0. The van der Waals surface area contributed by atoms with E-state index in [2.05, 4.69) is 24.3 Å². The largest absolute Gasteiger partial charge is 0.348 e. The monoisotopic (exact) mass is 326 g/mol. The third kappa shape index (κ3) is 3.32. The summed E-state index contributed by atoms with van der Waals surface area (Å²) in [4.78, 5) is 2.14. The van der Waals surface area contributed by atoms with Crippen LogP contribution < -0.4 is 0 Å². The molecule has 2 saturated heterocycles.